The van der Waals surface area contributed by atoms with Crippen LogP contribution < -0.4 is 4.90 Å². The highest BCUT2D eigenvalue weighted by Gasteiger charge is 2.26. The Labute approximate surface area is 156 Å². The van der Waals surface area contributed by atoms with Gasteiger partial charge in [-0.25, -0.2) is 13.4 Å². The Hall–Kier alpha value is -2.31. The third kappa shape index (κ3) is 2.99. The van der Waals surface area contributed by atoms with Crippen molar-refractivity contribution in [2.24, 2.45) is 0 Å². The molecular weight excluding hydrogens is 372 g/mol. The zero-order chi connectivity index (χ0) is 18.5. The molecule has 0 saturated carbocycles. The molecule has 2 heterocycles. The van der Waals surface area contributed by atoms with E-state index in [0.29, 0.717) is 29.5 Å². The van der Waals surface area contributed by atoms with E-state index < -0.39 is 9.84 Å². The van der Waals surface area contributed by atoms with Crippen molar-refractivity contribution in [2.45, 2.75) is 18.4 Å². The van der Waals surface area contributed by atoms with Gasteiger partial charge >= 0.3 is 0 Å². The van der Waals surface area contributed by atoms with Crippen LogP contribution in [0, 0.1) is 6.92 Å². The van der Waals surface area contributed by atoms with E-state index in [0.717, 1.165) is 16.5 Å². The molecule has 1 aliphatic rings. The van der Waals surface area contributed by atoms with Crippen LogP contribution in [-0.2, 0) is 16.4 Å². The van der Waals surface area contributed by atoms with Crippen molar-refractivity contribution >= 4 is 38.2 Å². The van der Waals surface area contributed by atoms with E-state index in [1.807, 2.05) is 30.0 Å². The predicted molar refractivity (Wildman–Crippen MR) is 103 cm³/mol. The fourth-order valence-corrected chi connectivity index (χ4v) is 4.99. The minimum absolute atomic E-state index is 0.0469. The highest BCUT2D eigenvalue weighted by Crippen LogP contribution is 2.32. The lowest BCUT2D eigenvalue weighted by molar-refractivity contribution is 0.472. The number of pyridine rings is 1. The van der Waals surface area contributed by atoms with Crippen LogP contribution in [0.2, 0.25) is 5.02 Å². The lowest BCUT2D eigenvalue weighted by Crippen LogP contribution is -2.26. The number of sulfone groups is 1. The molecule has 0 amide bonds. The zero-order valence-electron chi connectivity index (χ0n) is 14.1. The summed E-state index contributed by atoms with van der Waals surface area (Å²) < 4.78 is 25.1. The van der Waals surface area contributed by atoms with Gasteiger partial charge in [0.05, 0.1) is 21.2 Å². The largest absolute Gasteiger partial charge is 0.508 e. The van der Waals surface area contributed by atoms with E-state index in [9.17, 15) is 13.5 Å². The molecule has 4 rings (SSSR count). The van der Waals surface area contributed by atoms with E-state index in [-0.39, 0.29) is 16.4 Å². The van der Waals surface area contributed by atoms with Crippen LogP contribution in [0.3, 0.4) is 0 Å². The van der Waals surface area contributed by atoms with Crippen molar-refractivity contribution in [2.75, 3.05) is 17.2 Å². The Balaban J connectivity index is 1.81. The third-order valence-electron chi connectivity index (χ3n) is 4.60. The highest BCUT2D eigenvalue weighted by atomic mass is 35.5. The lowest BCUT2D eigenvalue weighted by atomic mass is 10.1. The summed E-state index contributed by atoms with van der Waals surface area (Å²) in [5, 5.41) is 11.1. The smallest absolute Gasteiger partial charge is 0.180 e. The monoisotopic (exact) mass is 388 g/mol. The van der Waals surface area contributed by atoms with Gasteiger partial charge in [0, 0.05) is 18.5 Å². The minimum atomic E-state index is -3.46. The zero-order valence-corrected chi connectivity index (χ0v) is 15.7. The van der Waals surface area contributed by atoms with Gasteiger partial charge in [-0.05, 0) is 42.8 Å². The van der Waals surface area contributed by atoms with E-state index in [1.54, 1.807) is 12.1 Å². The average Bonchev–Trinajstić information content (AvgIpc) is 2.72. The maximum Gasteiger partial charge on any atom is 0.180 e. The second-order valence-electron chi connectivity index (χ2n) is 6.52. The van der Waals surface area contributed by atoms with Crippen molar-refractivity contribution in [1.29, 1.82) is 0 Å². The summed E-state index contributed by atoms with van der Waals surface area (Å²) in [6.07, 6.45) is 0. The summed E-state index contributed by atoms with van der Waals surface area (Å²) in [5.41, 5.74) is 2.52. The summed E-state index contributed by atoms with van der Waals surface area (Å²) in [6.45, 7) is 2.68. The van der Waals surface area contributed by atoms with Crippen LogP contribution in [0.5, 0.6) is 5.75 Å². The number of phenols is 1. The number of hydrogen-bond acceptors (Lipinski definition) is 5. The average molecular weight is 389 g/mol. The molecule has 0 spiro atoms. The molecule has 1 N–H and O–H groups in total. The molecule has 0 unspecified atom stereocenters. The minimum Gasteiger partial charge on any atom is -0.508 e. The molecule has 0 fully saturated rings. The van der Waals surface area contributed by atoms with Gasteiger partial charge in [-0.3, -0.25) is 0 Å². The van der Waals surface area contributed by atoms with Gasteiger partial charge < -0.3 is 10.0 Å². The number of hydrogen-bond donors (Lipinski definition) is 1. The number of phenolic OH excluding ortho intramolecular Hbond substituents is 1. The molecule has 2 aromatic carbocycles. The molecule has 0 atom stereocenters. The Morgan fingerprint density at radius 1 is 1.15 bits per heavy atom. The first-order valence-corrected chi connectivity index (χ1v) is 10.2. The summed E-state index contributed by atoms with van der Waals surface area (Å²) in [5.74, 6) is 0.541. The first-order chi connectivity index (χ1) is 12.3. The van der Waals surface area contributed by atoms with Gasteiger partial charge in [0.25, 0.3) is 0 Å². The molecule has 26 heavy (non-hydrogen) atoms. The number of anilines is 1. The van der Waals surface area contributed by atoms with Crippen LogP contribution in [0.4, 0.5) is 5.82 Å². The molecule has 3 aromatic rings. The quantitative estimate of drug-likeness (QED) is 0.688. The Morgan fingerprint density at radius 2 is 1.96 bits per heavy atom. The number of halogens is 1. The number of benzene rings is 2. The van der Waals surface area contributed by atoms with Crippen LogP contribution in [0.15, 0.2) is 47.4 Å². The summed E-state index contributed by atoms with van der Waals surface area (Å²) in [4.78, 5) is 6.77. The summed E-state index contributed by atoms with van der Waals surface area (Å²) in [6, 6.07) is 12.1. The molecule has 0 bridgehead atoms. The fraction of sp³-hybridized carbons (Fsp3) is 0.211. The van der Waals surface area contributed by atoms with Crippen molar-refractivity contribution in [3.63, 3.8) is 0 Å². The third-order valence-corrected chi connectivity index (χ3v) is 6.68. The lowest BCUT2D eigenvalue weighted by Gasteiger charge is -2.22. The number of aryl methyl sites for hydroxylation is 1. The Morgan fingerprint density at radius 3 is 2.77 bits per heavy atom. The maximum absolute atomic E-state index is 12.6. The van der Waals surface area contributed by atoms with Crippen molar-refractivity contribution in [3.8, 4) is 5.75 Å². The van der Waals surface area contributed by atoms with Crippen molar-refractivity contribution in [1.82, 2.24) is 4.98 Å². The normalized spacial score (nSPS) is 16.3. The molecule has 1 aromatic heterocycles. The first kappa shape index (κ1) is 17.1. The van der Waals surface area contributed by atoms with Crippen molar-refractivity contribution < 1.29 is 13.5 Å². The molecule has 0 aliphatic carbocycles. The molecular formula is C19H17ClN2O3S. The van der Waals surface area contributed by atoms with Gasteiger partial charge in [0.15, 0.2) is 9.84 Å². The second kappa shape index (κ2) is 6.14. The van der Waals surface area contributed by atoms with E-state index >= 15 is 0 Å². The highest BCUT2D eigenvalue weighted by molar-refractivity contribution is 7.91. The molecule has 1 aliphatic heterocycles. The summed E-state index contributed by atoms with van der Waals surface area (Å²) in [7, 11) is -3.46. The molecule has 7 heteroatoms. The van der Waals surface area contributed by atoms with E-state index in [1.165, 1.54) is 12.1 Å². The van der Waals surface area contributed by atoms with Gasteiger partial charge in [0.1, 0.15) is 11.6 Å². The fourth-order valence-electron chi connectivity index (χ4n) is 3.23. The van der Waals surface area contributed by atoms with Crippen LogP contribution in [0.1, 0.15) is 11.1 Å². The first-order valence-electron chi connectivity index (χ1n) is 8.20. The Kier molecular flexibility index (Phi) is 4.04. The van der Waals surface area contributed by atoms with Crippen molar-refractivity contribution in [3.05, 3.63) is 58.6 Å². The standard InChI is InChI=1S/C19H17ClN2O3S/c1-12-2-5-17-15(8-12)16(20)10-19(21-17)22-6-7-26(24,25)18-9-14(23)4-3-13(18)11-22/h2-5,8-10,23H,6-7,11H2,1H3. The van der Waals surface area contributed by atoms with Gasteiger partial charge in [-0.1, -0.05) is 29.3 Å². The molecule has 0 saturated heterocycles. The maximum atomic E-state index is 12.6. The van der Waals surface area contributed by atoms with E-state index in [2.05, 4.69) is 4.98 Å². The number of aromatic nitrogens is 1. The number of rotatable bonds is 1. The number of fused-ring (bicyclic) bond motifs is 2. The van der Waals surface area contributed by atoms with E-state index in [4.69, 9.17) is 11.6 Å². The van der Waals surface area contributed by atoms with Crippen LogP contribution >= 0.6 is 11.6 Å². The second-order valence-corrected chi connectivity index (χ2v) is 9.00. The molecule has 134 valence electrons. The summed E-state index contributed by atoms with van der Waals surface area (Å²) >= 11 is 6.45. The number of nitrogens with zero attached hydrogens (tertiary/aromatic N) is 2. The SMILES string of the molecule is Cc1ccc2nc(N3CCS(=O)(=O)c4cc(O)ccc4C3)cc(Cl)c2c1. The van der Waals surface area contributed by atoms with Gasteiger partial charge in [-0.2, -0.15) is 0 Å². The number of aromatic hydroxyl groups is 1. The Bertz CT molecular complexity index is 1130. The van der Waals surface area contributed by atoms with Gasteiger partial charge in [0.2, 0.25) is 0 Å². The topological polar surface area (TPSA) is 70.5 Å². The van der Waals surface area contributed by atoms with Crippen LogP contribution in [-0.4, -0.2) is 30.8 Å². The predicted octanol–water partition coefficient (Wildman–Crippen LogP) is 3.70. The van der Waals surface area contributed by atoms with Crippen LogP contribution in [0.25, 0.3) is 10.9 Å². The molecule has 5 nitrogen and oxygen atoms in total. The molecule has 0 radical (unpaired) electrons. The van der Waals surface area contributed by atoms with Gasteiger partial charge in [-0.15, -0.1) is 0 Å².